The number of hydrogen-bond acceptors (Lipinski definition) is 7. The highest BCUT2D eigenvalue weighted by molar-refractivity contribution is 7.15. The quantitative estimate of drug-likeness (QED) is 0.301. The van der Waals surface area contributed by atoms with Crippen molar-refractivity contribution in [3.63, 3.8) is 0 Å². The van der Waals surface area contributed by atoms with Gasteiger partial charge < -0.3 is 29.7 Å². The second-order valence-electron chi connectivity index (χ2n) is 15.9. The minimum atomic E-state index is -1.06. The van der Waals surface area contributed by atoms with Crippen molar-refractivity contribution in [1.29, 1.82) is 0 Å². The lowest BCUT2D eigenvalue weighted by atomic mass is 9.81. The van der Waals surface area contributed by atoms with Crippen molar-refractivity contribution in [2.24, 2.45) is 17.3 Å². The summed E-state index contributed by atoms with van der Waals surface area (Å²) in [6.07, 6.45) is 5.59. The molecule has 0 spiro atoms. The molecule has 2 N–H and O–H groups in total. The fourth-order valence-corrected chi connectivity index (χ4v) is 7.46. The van der Waals surface area contributed by atoms with Gasteiger partial charge in [0.25, 0.3) is 0 Å². The van der Waals surface area contributed by atoms with Gasteiger partial charge in [-0.2, -0.15) is 0 Å². The number of nitrogens with one attached hydrogen (secondary N) is 1. The van der Waals surface area contributed by atoms with Gasteiger partial charge in [0.1, 0.15) is 16.1 Å². The standard InChI is InChI=1S/C36H53N3O7S/c1-23-9-11-24(12-10-23)30(40)39(28-21-27(17-18-34(2,3)4)47-29(28)31(41)42)26-15-13-25(14-16-26)37-32(43)45-36(8)19-20-38(22-36)33(44)46-35(5,6)7/h21,23-26H,9-16,19-20,22H2,1-8H3,(H,37,43)(H,41,42)/t23-,24-,25?,26?,36?. The lowest BCUT2D eigenvalue weighted by Crippen LogP contribution is -2.49. The number of thiophene rings is 1. The van der Waals surface area contributed by atoms with Crippen LogP contribution in [0.5, 0.6) is 0 Å². The number of carboxylic acids is 1. The summed E-state index contributed by atoms with van der Waals surface area (Å²) in [6, 6.07) is 1.44. The van der Waals surface area contributed by atoms with E-state index >= 15 is 0 Å². The highest BCUT2D eigenvalue weighted by Gasteiger charge is 2.42. The minimum Gasteiger partial charge on any atom is -0.477 e. The van der Waals surface area contributed by atoms with E-state index in [0.717, 1.165) is 37.0 Å². The lowest BCUT2D eigenvalue weighted by molar-refractivity contribution is -0.124. The summed E-state index contributed by atoms with van der Waals surface area (Å²) in [5, 5.41) is 13.2. The van der Waals surface area contributed by atoms with Crippen molar-refractivity contribution in [2.45, 2.75) is 136 Å². The summed E-state index contributed by atoms with van der Waals surface area (Å²) in [7, 11) is 0. The molecule has 2 saturated carbocycles. The second-order valence-corrected chi connectivity index (χ2v) is 17.0. The van der Waals surface area contributed by atoms with E-state index in [-0.39, 0.29) is 40.7 Å². The number of anilines is 1. The van der Waals surface area contributed by atoms with Crippen LogP contribution in [-0.2, 0) is 14.3 Å². The molecule has 2 aliphatic carbocycles. The number of ether oxygens (including phenoxy) is 2. The molecule has 0 radical (unpaired) electrons. The zero-order valence-electron chi connectivity index (χ0n) is 29.4. The topological polar surface area (TPSA) is 125 Å². The zero-order valence-corrected chi connectivity index (χ0v) is 30.2. The first-order valence-corrected chi connectivity index (χ1v) is 17.8. The summed E-state index contributed by atoms with van der Waals surface area (Å²) >= 11 is 1.12. The molecule has 0 aromatic carbocycles. The van der Waals surface area contributed by atoms with Crippen LogP contribution in [0.15, 0.2) is 6.07 Å². The molecule has 1 atom stereocenters. The third-order valence-corrected chi connectivity index (χ3v) is 10.2. The summed E-state index contributed by atoms with van der Waals surface area (Å²) in [5.74, 6) is 5.69. The van der Waals surface area contributed by atoms with Crippen molar-refractivity contribution in [2.75, 3.05) is 18.0 Å². The van der Waals surface area contributed by atoms with Crippen LogP contribution in [0.2, 0.25) is 0 Å². The van der Waals surface area contributed by atoms with Gasteiger partial charge in [0.2, 0.25) is 5.91 Å². The fraction of sp³-hybridized carbons (Fsp3) is 0.722. The second kappa shape index (κ2) is 14.5. The Morgan fingerprint density at radius 2 is 1.66 bits per heavy atom. The molecule has 47 heavy (non-hydrogen) atoms. The van der Waals surface area contributed by atoms with Crippen LogP contribution in [0.1, 0.15) is 128 Å². The Morgan fingerprint density at radius 3 is 2.23 bits per heavy atom. The fourth-order valence-electron chi connectivity index (χ4n) is 6.62. The van der Waals surface area contributed by atoms with E-state index in [1.807, 2.05) is 48.5 Å². The zero-order chi connectivity index (χ0) is 34.7. The first kappa shape index (κ1) is 36.6. The molecule has 2 heterocycles. The average Bonchev–Trinajstić information content (AvgIpc) is 3.56. The molecule has 0 bridgehead atoms. The molecule has 3 amide bonds. The van der Waals surface area contributed by atoms with Crippen molar-refractivity contribution in [3.05, 3.63) is 15.8 Å². The van der Waals surface area contributed by atoms with Crippen molar-refractivity contribution in [1.82, 2.24) is 10.2 Å². The van der Waals surface area contributed by atoms with Gasteiger partial charge in [0.15, 0.2) is 0 Å². The molecule has 4 rings (SSSR count). The van der Waals surface area contributed by atoms with Crippen LogP contribution >= 0.6 is 11.3 Å². The Labute approximate surface area is 283 Å². The van der Waals surface area contributed by atoms with Gasteiger partial charge in [-0.25, -0.2) is 14.4 Å². The van der Waals surface area contributed by atoms with Gasteiger partial charge in [0, 0.05) is 36.4 Å². The number of aromatic carboxylic acids is 1. The predicted molar refractivity (Wildman–Crippen MR) is 183 cm³/mol. The molecular weight excluding hydrogens is 618 g/mol. The highest BCUT2D eigenvalue weighted by Crippen LogP contribution is 2.39. The highest BCUT2D eigenvalue weighted by atomic mass is 32.1. The Kier molecular flexibility index (Phi) is 11.3. The number of rotatable bonds is 6. The summed E-state index contributed by atoms with van der Waals surface area (Å²) in [5.41, 5.74) is -1.24. The molecule has 1 aliphatic heterocycles. The van der Waals surface area contributed by atoms with Crippen molar-refractivity contribution in [3.8, 4) is 11.8 Å². The van der Waals surface area contributed by atoms with E-state index in [4.69, 9.17) is 9.47 Å². The summed E-state index contributed by atoms with van der Waals surface area (Å²) < 4.78 is 11.3. The number of nitrogens with zero attached hydrogens (tertiary/aromatic N) is 2. The van der Waals surface area contributed by atoms with Crippen LogP contribution < -0.4 is 10.2 Å². The van der Waals surface area contributed by atoms with Gasteiger partial charge in [-0.15, -0.1) is 11.3 Å². The molecule has 3 aliphatic rings. The number of alkyl carbamates (subject to hydrolysis) is 1. The Morgan fingerprint density at radius 1 is 1.02 bits per heavy atom. The maximum absolute atomic E-state index is 14.2. The Bertz CT molecular complexity index is 1380. The van der Waals surface area contributed by atoms with Crippen molar-refractivity contribution < 1.29 is 33.8 Å². The van der Waals surface area contributed by atoms with E-state index in [0.29, 0.717) is 55.1 Å². The van der Waals surface area contributed by atoms with Gasteiger partial charge in [-0.3, -0.25) is 4.79 Å². The molecule has 11 heteroatoms. The van der Waals surface area contributed by atoms with Crippen molar-refractivity contribution >= 4 is 41.1 Å². The summed E-state index contributed by atoms with van der Waals surface area (Å²) in [6.45, 7) is 16.2. The van der Waals surface area contributed by atoms with Crippen LogP contribution in [0.25, 0.3) is 0 Å². The molecule has 260 valence electrons. The first-order chi connectivity index (χ1) is 21.8. The average molecular weight is 672 g/mol. The SMILES string of the molecule is CC(C)(C)C#Cc1cc(N(C(=O)[C@H]2CC[C@H](C)CC2)C2CCC(NC(=O)OC3(C)CCN(C(=O)OC(C)(C)C)C3)CC2)c(C(=O)O)s1. The van der Waals surface area contributed by atoms with E-state index in [1.165, 1.54) is 0 Å². The van der Waals surface area contributed by atoms with Gasteiger partial charge in [-0.1, -0.05) is 18.8 Å². The Hall–Kier alpha value is -3.26. The number of carbonyl (C=O) groups is 4. The molecule has 1 aromatic rings. The van der Waals surface area contributed by atoms with E-state index in [2.05, 4.69) is 24.1 Å². The smallest absolute Gasteiger partial charge is 0.410 e. The van der Waals surface area contributed by atoms with Gasteiger partial charge in [-0.05, 0) is 112 Å². The summed E-state index contributed by atoms with van der Waals surface area (Å²) in [4.78, 5) is 56.3. The molecule has 1 aromatic heterocycles. The number of carbonyl (C=O) groups excluding carboxylic acids is 3. The van der Waals surface area contributed by atoms with Gasteiger partial charge >= 0.3 is 18.2 Å². The van der Waals surface area contributed by atoms with Gasteiger partial charge in [0.05, 0.1) is 17.1 Å². The number of amides is 3. The molecular formula is C36H53N3O7S. The number of likely N-dealkylation sites (tertiary alicyclic amines) is 1. The molecule has 1 saturated heterocycles. The molecule has 3 fully saturated rings. The van der Waals surface area contributed by atoms with E-state index < -0.39 is 29.4 Å². The number of hydrogen-bond donors (Lipinski definition) is 2. The maximum Gasteiger partial charge on any atom is 0.410 e. The normalized spacial score (nSPS) is 26.5. The van der Waals surface area contributed by atoms with E-state index in [9.17, 15) is 24.3 Å². The predicted octanol–water partition coefficient (Wildman–Crippen LogP) is 7.44. The van der Waals surface area contributed by atoms with Crippen LogP contribution in [0, 0.1) is 29.1 Å². The minimum absolute atomic E-state index is 0.00736. The first-order valence-electron chi connectivity index (χ1n) is 17.0. The molecule has 10 nitrogen and oxygen atoms in total. The Balaban J connectivity index is 1.44. The van der Waals surface area contributed by atoms with Crippen LogP contribution in [-0.4, -0.2) is 70.4 Å². The third kappa shape index (κ3) is 10.1. The maximum atomic E-state index is 14.2. The van der Waals surface area contributed by atoms with E-state index in [1.54, 1.807) is 15.9 Å². The van der Waals surface area contributed by atoms with Crippen LogP contribution in [0.3, 0.4) is 0 Å². The largest absolute Gasteiger partial charge is 0.477 e. The number of carboxylic acid groups (broad SMARTS) is 1. The molecule has 1 unspecified atom stereocenters. The monoisotopic (exact) mass is 671 g/mol. The van der Waals surface area contributed by atoms with Crippen LogP contribution in [0.4, 0.5) is 15.3 Å². The lowest BCUT2D eigenvalue weighted by Gasteiger charge is -2.39. The third-order valence-electron chi connectivity index (χ3n) is 9.14.